The Morgan fingerprint density at radius 1 is 0.950 bits per heavy atom. The van der Waals surface area contributed by atoms with Crippen LogP contribution in [0.25, 0.3) is 0 Å². The van der Waals surface area contributed by atoms with Crippen molar-refractivity contribution in [1.82, 2.24) is 5.32 Å². The lowest BCUT2D eigenvalue weighted by atomic mass is 9.96. The van der Waals surface area contributed by atoms with Gasteiger partial charge in [-0.05, 0) is 41.8 Å². The summed E-state index contributed by atoms with van der Waals surface area (Å²) in [5, 5.41) is 3.32. The van der Waals surface area contributed by atoms with Gasteiger partial charge in [0.2, 0.25) is 0 Å². The van der Waals surface area contributed by atoms with Gasteiger partial charge in [-0.1, -0.05) is 44.2 Å². The summed E-state index contributed by atoms with van der Waals surface area (Å²) in [6.07, 6.45) is 0.949. The third-order valence-electron chi connectivity index (χ3n) is 3.38. The predicted molar refractivity (Wildman–Crippen MR) is 77.7 cm³/mol. The number of nitrogens with one attached hydrogen (secondary N) is 1. The summed E-state index contributed by atoms with van der Waals surface area (Å²) in [7, 11) is 0. The molecule has 1 unspecified atom stereocenters. The van der Waals surface area contributed by atoms with Crippen LogP contribution in [0.5, 0.6) is 0 Å². The first-order valence-electron chi connectivity index (χ1n) is 6.92. The van der Waals surface area contributed by atoms with E-state index in [0.717, 1.165) is 24.1 Å². The predicted octanol–water partition coefficient (Wildman–Crippen LogP) is 4.23. The van der Waals surface area contributed by atoms with Gasteiger partial charge in [0.1, 0.15) is 0 Å². The highest BCUT2D eigenvalue weighted by Crippen LogP contribution is 2.24. The van der Waals surface area contributed by atoms with Crippen molar-refractivity contribution in [2.24, 2.45) is 0 Å². The Hall–Kier alpha value is -1.74. The van der Waals surface area contributed by atoms with Crippen LogP contribution in [-0.4, -0.2) is 6.54 Å². The molecule has 3 heteroatoms. The maximum Gasteiger partial charge on any atom is 0.159 e. The van der Waals surface area contributed by atoms with E-state index in [1.807, 2.05) is 19.1 Å². The van der Waals surface area contributed by atoms with E-state index in [1.54, 1.807) is 6.07 Å². The molecule has 106 valence electrons. The highest BCUT2D eigenvalue weighted by Gasteiger charge is 2.15. The number of rotatable bonds is 5. The van der Waals surface area contributed by atoms with E-state index in [2.05, 4.69) is 24.4 Å². The second-order valence-corrected chi connectivity index (χ2v) is 4.76. The molecule has 0 fully saturated rings. The van der Waals surface area contributed by atoms with Gasteiger partial charge in [0.05, 0.1) is 6.04 Å². The van der Waals surface area contributed by atoms with E-state index < -0.39 is 11.6 Å². The summed E-state index contributed by atoms with van der Waals surface area (Å²) in [6, 6.07) is 12.1. The summed E-state index contributed by atoms with van der Waals surface area (Å²) in [4.78, 5) is 0. The van der Waals surface area contributed by atoms with Crippen LogP contribution in [0, 0.1) is 11.6 Å². The van der Waals surface area contributed by atoms with Gasteiger partial charge in [-0.25, -0.2) is 8.78 Å². The van der Waals surface area contributed by atoms with E-state index in [0.29, 0.717) is 0 Å². The fourth-order valence-corrected chi connectivity index (χ4v) is 2.32. The van der Waals surface area contributed by atoms with Crippen molar-refractivity contribution in [3.8, 4) is 0 Å². The number of aryl methyl sites for hydroxylation is 1. The smallest absolute Gasteiger partial charge is 0.159 e. The number of hydrogen-bond acceptors (Lipinski definition) is 1. The van der Waals surface area contributed by atoms with Gasteiger partial charge in [-0.15, -0.1) is 0 Å². The summed E-state index contributed by atoms with van der Waals surface area (Å²) < 4.78 is 26.5. The highest BCUT2D eigenvalue weighted by molar-refractivity contribution is 5.34. The average Bonchev–Trinajstić information content (AvgIpc) is 2.48. The van der Waals surface area contributed by atoms with Crippen LogP contribution in [0.2, 0.25) is 0 Å². The summed E-state index contributed by atoms with van der Waals surface area (Å²) in [5.74, 6) is -1.62. The second-order valence-electron chi connectivity index (χ2n) is 4.76. The fraction of sp³-hybridized carbons (Fsp3) is 0.294. The zero-order valence-corrected chi connectivity index (χ0v) is 11.8. The monoisotopic (exact) mass is 275 g/mol. The fourth-order valence-electron chi connectivity index (χ4n) is 2.32. The van der Waals surface area contributed by atoms with Crippen molar-refractivity contribution in [2.45, 2.75) is 26.3 Å². The highest BCUT2D eigenvalue weighted by atomic mass is 19.2. The Kier molecular flexibility index (Phi) is 4.85. The molecule has 0 amide bonds. The Balaban J connectivity index is 2.41. The van der Waals surface area contributed by atoms with E-state index in [1.165, 1.54) is 17.7 Å². The normalized spacial score (nSPS) is 12.4. The molecule has 0 heterocycles. The van der Waals surface area contributed by atoms with Crippen LogP contribution in [0.3, 0.4) is 0 Å². The van der Waals surface area contributed by atoms with Gasteiger partial charge in [0, 0.05) is 0 Å². The maximum atomic E-state index is 13.4. The molecular formula is C17H19F2N. The van der Waals surface area contributed by atoms with E-state index in [-0.39, 0.29) is 6.04 Å². The molecule has 1 nitrogen and oxygen atoms in total. The van der Waals surface area contributed by atoms with Crippen molar-refractivity contribution in [3.63, 3.8) is 0 Å². The third-order valence-corrected chi connectivity index (χ3v) is 3.38. The molecule has 0 radical (unpaired) electrons. The molecular weight excluding hydrogens is 256 g/mol. The first-order chi connectivity index (χ1) is 9.65. The van der Waals surface area contributed by atoms with Crippen molar-refractivity contribution >= 4 is 0 Å². The summed E-state index contributed by atoms with van der Waals surface area (Å²) in [6.45, 7) is 4.84. The lowest BCUT2D eigenvalue weighted by Gasteiger charge is -2.20. The lowest BCUT2D eigenvalue weighted by molar-refractivity contribution is 0.504. The molecule has 0 aromatic heterocycles. The molecule has 1 N–H and O–H groups in total. The first kappa shape index (κ1) is 14.7. The van der Waals surface area contributed by atoms with Crippen molar-refractivity contribution < 1.29 is 8.78 Å². The average molecular weight is 275 g/mol. The van der Waals surface area contributed by atoms with Crippen LogP contribution in [0.1, 0.15) is 36.6 Å². The standard InChI is InChI=1S/C17H19F2N/c1-3-12-6-5-7-13(10-12)17(20-4-2)14-8-9-15(18)16(19)11-14/h5-11,17,20H,3-4H2,1-2H3. The minimum absolute atomic E-state index is 0.124. The Bertz CT molecular complexity index is 581. The molecule has 1 atom stereocenters. The molecule has 0 bridgehead atoms. The molecule has 2 aromatic carbocycles. The minimum atomic E-state index is -0.814. The number of benzene rings is 2. The molecule has 2 rings (SSSR count). The molecule has 0 spiro atoms. The van der Waals surface area contributed by atoms with Gasteiger partial charge in [-0.2, -0.15) is 0 Å². The van der Waals surface area contributed by atoms with Gasteiger partial charge in [0.15, 0.2) is 11.6 Å². The second kappa shape index (κ2) is 6.62. The van der Waals surface area contributed by atoms with Gasteiger partial charge < -0.3 is 5.32 Å². The number of hydrogen-bond donors (Lipinski definition) is 1. The first-order valence-corrected chi connectivity index (χ1v) is 6.92. The van der Waals surface area contributed by atoms with Gasteiger partial charge in [-0.3, -0.25) is 0 Å². The van der Waals surface area contributed by atoms with Crippen molar-refractivity contribution in [1.29, 1.82) is 0 Å². The van der Waals surface area contributed by atoms with Crippen molar-refractivity contribution in [2.75, 3.05) is 6.54 Å². The Labute approximate surface area is 118 Å². The zero-order valence-electron chi connectivity index (χ0n) is 11.8. The van der Waals surface area contributed by atoms with Crippen LogP contribution < -0.4 is 5.32 Å². The van der Waals surface area contributed by atoms with Crippen LogP contribution >= 0.6 is 0 Å². The largest absolute Gasteiger partial charge is 0.307 e. The number of halogens is 2. The quantitative estimate of drug-likeness (QED) is 0.861. The summed E-state index contributed by atoms with van der Waals surface area (Å²) in [5.41, 5.74) is 3.03. The van der Waals surface area contributed by atoms with Crippen LogP contribution in [0.4, 0.5) is 8.78 Å². The van der Waals surface area contributed by atoms with Gasteiger partial charge in [0.25, 0.3) is 0 Å². The van der Waals surface area contributed by atoms with Crippen LogP contribution in [0.15, 0.2) is 42.5 Å². The molecule has 20 heavy (non-hydrogen) atoms. The third kappa shape index (κ3) is 3.23. The molecule has 0 saturated heterocycles. The molecule has 0 saturated carbocycles. The van der Waals surface area contributed by atoms with Crippen LogP contribution in [-0.2, 0) is 6.42 Å². The molecule has 0 aliphatic carbocycles. The van der Waals surface area contributed by atoms with E-state index in [4.69, 9.17) is 0 Å². The van der Waals surface area contributed by atoms with E-state index in [9.17, 15) is 8.78 Å². The zero-order chi connectivity index (χ0) is 14.5. The van der Waals surface area contributed by atoms with Gasteiger partial charge >= 0.3 is 0 Å². The Morgan fingerprint density at radius 3 is 2.35 bits per heavy atom. The minimum Gasteiger partial charge on any atom is -0.307 e. The molecule has 0 aliphatic heterocycles. The SMILES string of the molecule is CCNC(c1cccc(CC)c1)c1ccc(F)c(F)c1. The Morgan fingerprint density at radius 2 is 1.70 bits per heavy atom. The topological polar surface area (TPSA) is 12.0 Å². The van der Waals surface area contributed by atoms with E-state index >= 15 is 0 Å². The molecule has 2 aromatic rings. The summed E-state index contributed by atoms with van der Waals surface area (Å²) >= 11 is 0. The lowest BCUT2D eigenvalue weighted by Crippen LogP contribution is -2.22. The van der Waals surface area contributed by atoms with Crippen molar-refractivity contribution in [3.05, 3.63) is 70.8 Å². The maximum absolute atomic E-state index is 13.4. The molecule has 0 aliphatic rings.